The van der Waals surface area contributed by atoms with Crippen LogP contribution < -0.4 is 15.5 Å². The summed E-state index contributed by atoms with van der Waals surface area (Å²) in [6.45, 7) is 8.28. The molecule has 0 amide bonds. The van der Waals surface area contributed by atoms with E-state index in [1.807, 2.05) is 12.1 Å². The first-order valence-electron chi connectivity index (χ1n) is 10.4. The van der Waals surface area contributed by atoms with Crippen molar-refractivity contribution in [2.24, 2.45) is 10.9 Å². The van der Waals surface area contributed by atoms with Crippen molar-refractivity contribution in [2.75, 3.05) is 44.2 Å². The molecule has 156 valence electrons. The lowest BCUT2D eigenvalue weighted by molar-refractivity contribution is 0.315. The van der Waals surface area contributed by atoms with E-state index in [2.05, 4.69) is 32.3 Å². The van der Waals surface area contributed by atoms with Gasteiger partial charge in [-0.25, -0.2) is 4.98 Å². The third-order valence-corrected chi connectivity index (χ3v) is 6.10. The molecule has 3 heterocycles. The minimum Gasteiger partial charge on any atom is -0.357 e. The number of likely N-dealkylation sites (tertiary alicyclic amines) is 1. The maximum Gasteiger partial charge on any atom is 0.191 e. The molecule has 8 heteroatoms. The molecule has 2 aliphatic heterocycles. The fourth-order valence-electron chi connectivity index (χ4n) is 4.20. The molecule has 2 N–H and O–H groups in total. The number of hydrogen-bond donors (Lipinski definition) is 2. The van der Waals surface area contributed by atoms with Crippen LogP contribution in [0.4, 0.5) is 5.82 Å². The second-order valence-corrected chi connectivity index (χ2v) is 8.39. The van der Waals surface area contributed by atoms with Gasteiger partial charge in [0.15, 0.2) is 5.96 Å². The quantitative estimate of drug-likeness (QED) is 0.345. The maximum atomic E-state index is 6.30. The first-order valence-corrected chi connectivity index (χ1v) is 10.7. The third kappa shape index (κ3) is 5.63. The number of nitrogens with one attached hydrogen (secondary N) is 2. The van der Waals surface area contributed by atoms with Crippen molar-refractivity contribution < 1.29 is 0 Å². The number of nitrogens with zero attached hydrogens (tertiary/aromatic N) is 4. The molecule has 0 spiro atoms. The van der Waals surface area contributed by atoms with Gasteiger partial charge in [-0.3, -0.25) is 4.99 Å². The number of aliphatic imine (C=N–C) groups is 1. The molecule has 6 nitrogen and oxygen atoms in total. The molecule has 0 bridgehead atoms. The van der Waals surface area contributed by atoms with E-state index in [1.54, 1.807) is 6.20 Å². The minimum absolute atomic E-state index is 0. The molecule has 1 saturated carbocycles. The zero-order valence-corrected chi connectivity index (χ0v) is 19.7. The molecule has 1 aromatic rings. The maximum absolute atomic E-state index is 6.30. The van der Waals surface area contributed by atoms with Gasteiger partial charge in [-0.15, -0.1) is 24.0 Å². The van der Waals surface area contributed by atoms with Gasteiger partial charge in [-0.1, -0.05) is 11.6 Å². The van der Waals surface area contributed by atoms with Crippen molar-refractivity contribution >= 4 is 47.4 Å². The SMILES string of the molecule is CCNC(=NCC1CCN(C2CC2)C1)NC1CCN(c2ncccc2Cl)C1.I. The smallest absolute Gasteiger partial charge is 0.191 e. The zero-order chi connectivity index (χ0) is 18.6. The van der Waals surface area contributed by atoms with Gasteiger partial charge in [0.2, 0.25) is 0 Å². The number of pyridine rings is 1. The summed E-state index contributed by atoms with van der Waals surface area (Å²) >= 11 is 6.30. The monoisotopic (exact) mass is 518 g/mol. The summed E-state index contributed by atoms with van der Waals surface area (Å²) in [6.07, 6.45) is 6.96. The Bertz CT molecular complexity index is 668. The Labute approximate surface area is 190 Å². The van der Waals surface area contributed by atoms with E-state index < -0.39 is 0 Å². The van der Waals surface area contributed by atoms with Crippen LogP contribution in [-0.4, -0.2) is 67.2 Å². The van der Waals surface area contributed by atoms with Crippen LogP contribution in [0, 0.1) is 5.92 Å². The van der Waals surface area contributed by atoms with Crippen molar-refractivity contribution in [3.8, 4) is 0 Å². The van der Waals surface area contributed by atoms with Crippen molar-refractivity contribution in [1.29, 1.82) is 0 Å². The molecule has 1 aliphatic carbocycles. The van der Waals surface area contributed by atoms with Crippen LogP contribution in [0.2, 0.25) is 5.02 Å². The second-order valence-electron chi connectivity index (χ2n) is 7.99. The second kappa shape index (κ2) is 10.3. The van der Waals surface area contributed by atoms with Crippen LogP contribution >= 0.6 is 35.6 Å². The van der Waals surface area contributed by atoms with Gasteiger partial charge in [0.1, 0.15) is 5.82 Å². The van der Waals surface area contributed by atoms with Gasteiger partial charge < -0.3 is 20.4 Å². The first kappa shape index (κ1) is 21.9. The highest BCUT2D eigenvalue weighted by atomic mass is 127. The minimum atomic E-state index is 0. The molecule has 0 aromatic carbocycles. The Morgan fingerprint density at radius 3 is 2.86 bits per heavy atom. The van der Waals surface area contributed by atoms with Crippen LogP contribution in [0.15, 0.2) is 23.3 Å². The topological polar surface area (TPSA) is 55.8 Å². The first-order chi connectivity index (χ1) is 13.2. The number of anilines is 1. The van der Waals surface area contributed by atoms with Crippen molar-refractivity contribution in [2.45, 2.75) is 44.7 Å². The Kier molecular flexibility index (Phi) is 8.05. The summed E-state index contributed by atoms with van der Waals surface area (Å²) in [6, 6.07) is 5.03. The van der Waals surface area contributed by atoms with E-state index in [9.17, 15) is 0 Å². The molecular weight excluding hydrogens is 487 g/mol. The third-order valence-electron chi connectivity index (χ3n) is 5.80. The summed E-state index contributed by atoms with van der Waals surface area (Å²) < 4.78 is 0. The van der Waals surface area contributed by atoms with Gasteiger partial charge in [-0.05, 0) is 57.2 Å². The van der Waals surface area contributed by atoms with Crippen LogP contribution in [0.3, 0.4) is 0 Å². The van der Waals surface area contributed by atoms with Gasteiger partial charge in [0.05, 0.1) is 5.02 Å². The number of guanidine groups is 1. The van der Waals surface area contributed by atoms with Gasteiger partial charge in [0, 0.05) is 51.0 Å². The number of rotatable bonds is 6. The summed E-state index contributed by atoms with van der Waals surface area (Å²) in [5.74, 6) is 2.53. The Morgan fingerprint density at radius 2 is 2.11 bits per heavy atom. The summed E-state index contributed by atoms with van der Waals surface area (Å²) in [5, 5.41) is 7.75. The Balaban J connectivity index is 0.00000225. The lowest BCUT2D eigenvalue weighted by atomic mass is 10.1. The molecule has 2 atom stereocenters. The van der Waals surface area contributed by atoms with E-state index in [0.717, 1.165) is 55.4 Å². The van der Waals surface area contributed by atoms with Crippen molar-refractivity contribution in [3.63, 3.8) is 0 Å². The van der Waals surface area contributed by atoms with Crippen LogP contribution in [-0.2, 0) is 0 Å². The van der Waals surface area contributed by atoms with E-state index in [4.69, 9.17) is 16.6 Å². The molecule has 2 unspecified atom stereocenters. The highest BCUT2D eigenvalue weighted by Gasteiger charge is 2.34. The van der Waals surface area contributed by atoms with Crippen molar-refractivity contribution in [1.82, 2.24) is 20.5 Å². The lowest BCUT2D eigenvalue weighted by Crippen LogP contribution is -2.45. The molecule has 28 heavy (non-hydrogen) atoms. The molecule has 4 rings (SSSR count). The normalized spacial score (nSPS) is 25.6. The van der Waals surface area contributed by atoms with Crippen LogP contribution in [0.25, 0.3) is 0 Å². The molecule has 1 aromatic heterocycles. The number of aromatic nitrogens is 1. The Morgan fingerprint density at radius 1 is 1.25 bits per heavy atom. The summed E-state index contributed by atoms with van der Waals surface area (Å²) in [7, 11) is 0. The van der Waals surface area contributed by atoms with Crippen molar-refractivity contribution in [3.05, 3.63) is 23.4 Å². The molecule has 3 aliphatic rings. The molecule has 3 fully saturated rings. The average molecular weight is 519 g/mol. The predicted molar refractivity (Wildman–Crippen MR) is 127 cm³/mol. The number of halogens is 2. The van der Waals surface area contributed by atoms with E-state index in [-0.39, 0.29) is 24.0 Å². The largest absolute Gasteiger partial charge is 0.357 e. The Hall–Kier alpha value is -0.800. The standard InChI is InChI=1S/C20H31ClN6.HI/c1-2-22-20(24-12-15-7-10-26(13-15)17-5-6-17)25-16-8-11-27(14-16)19-18(21)4-3-9-23-19;/h3-4,9,15-17H,2,5-8,10-14H2,1H3,(H2,22,24,25);1H. The molecule has 0 radical (unpaired) electrons. The molecular formula is C20H32ClIN6. The average Bonchev–Trinajstić information content (AvgIpc) is 3.23. The zero-order valence-electron chi connectivity index (χ0n) is 16.6. The van der Waals surface area contributed by atoms with E-state index in [0.29, 0.717) is 12.0 Å². The highest BCUT2D eigenvalue weighted by molar-refractivity contribution is 14.0. The number of hydrogen-bond acceptors (Lipinski definition) is 4. The van der Waals surface area contributed by atoms with E-state index in [1.165, 1.54) is 32.4 Å². The van der Waals surface area contributed by atoms with Gasteiger partial charge in [0.25, 0.3) is 0 Å². The summed E-state index contributed by atoms with van der Waals surface area (Å²) in [4.78, 5) is 14.3. The highest BCUT2D eigenvalue weighted by Crippen LogP contribution is 2.31. The van der Waals surface area contributed by atoms with Gasteiger partial charge in [-0.2, -0.15) is 0 Å². The van der Waals surface area contributed by atoms with Gasteiger partial charge >= 0.3 is 0 Å². The van der Waals surface area contributed by atoms with Crippen LogP contribution in [0.1, 0.15) is 32.6 Å². The fourth-order valence-corrected chi connectivity index (χ4v) is 4.44. The lowest BCUT2D eigenvalue weighted by Gasteiger charge is -2.20. The summed E-state index contributed by atoms with van der Waals surface area (Å²) in [5.41, 5.74) is 0. The van der Waals surface area contributed by atoms with E-state index >= 15 is 0 Å². The van der Waals surface area contributed by atoms with Crippen LogP contribution in [0.5, 0.6) is 0 Å². The predicted octanol–water partition coefficient (Wildman–Crippen LogP) is 2.97. The fraction of sp³-hybridized carbons (Fsp3) is 0.700. The molecule has 2 saturated heterocycles.